The molecule has 2 nitrogen and oxygen atoms in total. The molecule has 108 valence electrons. The lowest BCUT2D eigenvalue weighted by Crippen LogP contribution is -2.35. The summed E-state index contributed by atoms with van der Waals surface area (Å²) in [4.78, 5) is 0. The van der Waals surface area contributed by atoms with Gasteiger partial charge in [0.1, 0.15) is 5.75 Å². The Morgan fingerprint density at radius 3 is 2.32 bits per heavy atom. The summed E-state index contributed by atoms with van der Waals surface area (Å²) in [6, 6.07) is 6.45. The van der Waals surface area contributed by atoms with Crippen LogP contribution in [-0.4, -0.2) is 11.6 Å². The second-order valence-corrected chi connectivity index (χ2v) is 6.27. The number of nitrogens with one attached hydrogen (secondary N) is 1. The monoisotopic (exact) mass is 263 g/mol. The molecule has 1 rings (SSSR count). The molecule has 0 aliphatic heterocycles. The predicted molar refractivity (Wildman–Crippen MR) is 82.8 cm³/mol. The molecule has 0 amide bonds. The van der Waals surface area contributed by atoms with Gasteiger partial charge in [0.25, 0.3) is 0 Å². The smallest absolute Gasteiger partial charge is 0.124 e. The van der Waals surface area contributed by atoms with Crippen molar-refractivity contribution >= 4 is 0 Å². The van der Waals surface area contributed by atoms with Gasteiger partial charge < -0.3 is 10.1 Å². The summed E-state index contributed by atoms with van der Waals surface area (Å²) < 4.78 is 6.12. The van der Waals surface area contributed by atoms with Crippen molar-refractivity contribution in [2.24, 2.45) is 0 Å². The van der Waals surface area contributed by atoms with Gasteiger partial charge in [-0.1, -0.05) is 31.5 Å². The highest BCUT2D eigenvalue weighted by atomic mass is 16.5. The van der Waals surface area contributed by atoms with E-state index in [0.717, 1.165) is 25.1 Å². The van der Waals surface area contributed by atoms with Crippen molar-refractivity contribution in [3.05, 3.63) is 29.3 Å². The van der Waals surface area contributed by atoms with Crippen LogP contribution in [0.25, 0.3) is 0 Å². The maximum Gasteiger partial charge on any atom is 0.124 e. The summed E-state index contributed by atoms with van der Waals surface area (Å²) >= 11 is 0. The Hall–Kier alpha value is -1.02. The molecular weight excluding hydrogens is 234 g/mol. The third kappa shape index (κ3) is 5.65. The highest BCUT2D eigenvalue weighted by Crippen LogP contribution is 2.23. The molecule has 0 fully saturated rings. The zero-order valence-electron chi connectivity index (χ0n) is 13.3. The molecule has 0 heterocycles. The molecule has 0 atom stereocenters. The predicted octanol–water partition coefficient (Wildman–Crippen LogP) is 4.45. The maximum absolute atomic E-state index is 6.12. The molecule has 0 aliphatic carbocycles. The molecule has 0 aromatic heterocycles. The normalized spacial score (nSPS) is 11.9. The number of hydrogen-bond acceptors (Lipinski definition) is 2. The molecule has 1 aromatic carbocycles. The van der Waals surface area contributed by atoms with E-state index in [4.69, 9.17) is 4.74 Å². The van der Waals surface area contributed by atoms with Crippen LogP contribution in [0.2, 0.25) is 0 Å². The lowest BCUT2D eigenvalue weighted by Gasteiger charge is -2.23. The van der Waals surface area contributed by atoms with Crippen LogP contribution in [-0.2, 0) is 6.54 Å². The standard InChI is InChI=1S/C17H29NO/c1-7-15(8-2)19-16-10-9-13(3)11-14(16)12-18-17(4,5)6/h9-11,15,18H,7-8,12H2,1-6H3. The van der Waals surface area contributed by atoms with E-state index >= 15 is 0 Å². The minimum Gasteiger partial charge on any atom is -0.490 e. The zero-order chi connectivity index (χ0) is 14.5. The van der Waals surface area contributed by atoms with E-state index in [1.54, 1.807) is 0 Å². The van der Waals surface area contributed by atoms with Crippen molar-refractivity contribution < 1.29 is 4.74 Å². The quantitative estimate of drug-likeness (QED) is 0.818. The van der Waals surface area contributed by atoms with Gasteiger partial charge in [-0.25, -0.2) is 0 Å². The van der Waals surface area contributed by atoms with Crippen molar-refractivity contribution in [2.75, 3.05) is 0 Å². The van der Waals surface area contributed by atoms with E-state index < -0.39 is 0 Å². The summed E-state index contributed by atoms with van der Waals surface area (Å²) in [5, 5.41) is 3.54. The minimum atomic E-state index is 0.121. The van der Waals surface area contributed by atoms with Crippen molar-refractivity contribution in [2.45, 2.75) is 72.6 Å². The lowest BCUT2D eigenvalue weighted by atomic mass is 10.1. The Morgan fingerprint density at radius 1 is 1.16 bits per heavy atom. The maximum atomic E-state index is 6.12. The fourth-order valence-corrected chi connectivity index (χ4v) is 1.96. The highest BCUT2D eigenvalue weighted by molar-refractivity contribution is 5.37. The zero-order valence-corrected chi connectivity index (χ0v) is 13.3. The SMILES string of the molecule is CCC(CC)Oc1ccc(C)cc1CNC(C)(C)C. The van der Waals surface area contributed by atoms with Crippen LogP contribution in [0.3, 0.4) is 0 Å². The molecule has 19 heavy (non-hydrogen) atoms. The van der Waals surface area contributed by atoms with Crippen molar-refractivity contribution in [3.8, 4) is 5.75 Å². The van der Waals surface area contributed by atoms with Crippen molar-refractivity contribution in [3.63, 3.8) is 0 Å². The summed E-state index contributed by atoms with van der Waals surface area (Å²) in [5.41, 5.74) is 2.65. The van der Waals surface area contributed by atoms with E-state index in [2.05, 4.69) is 65.1 Å². The second-order valence-electron chi connectivity index (χ2n) is 6.27. The number of ether oxygens (including phenoxy) is 1. The van der Waals surface area contributed by atoms with Gasteiger partial charge in [-0.3, -0.25) is 0 Å². The van der Waals surface area contributed by atoms with Gasteiger partial charge in [0.2, 0.25) is 0 Å². The Labute approximate surface area is 118 Å². The second kappa shape index (κ2) is 6.95. The Morgan fingerprint density at radius 2 is 1.79 bits per heavy atom. The van der Waals surface area contributed by atoms with E-state index in [1.165, 1.54) is 11.1 Å². The Kier molecular flexibility index (Phi) is 5.86. The fourth-order valence-electron chi connectivity index (χ4n) is 1.96. The van der Waals surface area contributed by atoms with E-state index in [-0.39, 0.29) is 5.54 Å². The Bertz CT molecular complexity index is 389. The molecule has 0 aliphatic rings. The van der Waals surface area contributed by atoms with Gasteiger partial charge in [-0.05, 0) is 46.6 Å². The number of aryl methyl sites for hydroxylation is 1. The summed E-state index contributed by atoms with van der Waals surface area (Å²) in [7, 11) is 0. The molecule has 0 saturated carbocycles. The van der Waals surface area contributed by atoms with Crippen molar-refractivity contribution in [1.29, 1.82) is 0 Å². The molecular formula is C17H29NO. The highest BCUT2D eigenvalue weighted by Gasteiger charge is 2.13. The van der Waals surface area contributed by atoms with Crippen LogP contribution in [0, 0.1) is 6.92 Å². The van der Waals surface area contributed by atoms with Crippen LogP contribution in [0.15, 0.2) is 18.2 Å². The topological polar surface area (TPSA) is 21.3 Å². The molecule has 2 heteroatoms. The number of rotatable bonds is 6. The molecule has 0 spiro atoms. The minimum absolute atomic E-state index is 0.121. The van der Waals surface area contributed by atoms with Gasteiger partial charge >= 0.3 is 0 Å². The average molecular weight is 263 g/mol. The first kappa shape index (κ1) is 16.0. The number of benzene rings is 1. The number of hydrogen-bond donors (Lipinski definition) is 1. The van der Waals surface area contributed by atoms with Crippen LogP contribution >= 0.6 is 0 Å². The first-order chi connectivity index (χ1) is 8.85. The van der Waals surface area contributed by atoms with E-state index in [1.807, 2.05) is 0 Å². The third-order valence-electron chi connectivity index (χ3n) is 3.23. The largest absolute Gasteiger partial charge is 0.490 e. The van der Waals surface area contributed by atoms with Gasteiger partial charge in [-0.2, -0.15) is 0 Å². The summed E-state index contributed by atoms with van der Waals surface area (Å²) in [6.07, 6.45) is 2.42. The summed E-state index contributed by atoms with van der Waals surface area (Å²) in [5.74, 6) is 1.02. The van der Waals surface area contributed by atoms with Crippen LogP contribution < -0.4 is 10.1 Å². The Balaban J connectivity index is 2.85. The van der Waals surface area contributed by atoms with E-state index in [9.17, 15) is 0 Å². The van der Waals surface area contributed by atoms with Gasteiger partial charge in [0, 0.05) is 17.6 Å². The molecule has 0 saturated heterocycles. The van der Waals surface area contributed by atoms with Gasteiger partial charge in [-0.15, -0.1) is 0 Å². The lowest BCUT2D eigenvalue weighted by molar-refractivity contribution is 0.190. The first-order valence-electron chi connectivity index (χ1n) is 7.37. The molecule has 0 radical (unpaired) electrons. The fraction of sp³-hybridized carbons (Fsp3) is 0.647. The van der Waals surface area contributed by atoms with Gasteiger partial charge in [0.15, 0.2) is 0 Å². The molecule has 0 bridgehead atoms. The summed E-state index contributed by atoms with van der Waals surface area (Å²) in [6.45, 7) is 13.9. The van der Waals surface area contributed by atoms with Crippen LogP contribution in [0.4, 0.5) is 0 Å². The first-order valence-corrected chi connectivity index (χ1v) is 7.37. The van der Waals surface area contributed by atoms with Crippen molar-refractivity contribution in [1.82, 2.24) is 5.32 Å². The van der Waals surface area contributed by atoms with Gasteiger partial charge in [0.05, 0.1) is 6.10 Å². The average Bonchev–Trinajstić information content (AvgIpc) is 2.34. The molecule has 0 unspecified atom stereocenters. The third-order valence-corrected chi connectivity index (χ3v) is 3.23. The molecule has 1 N–H and O–H groups in total. The van der Waals surface area contributed by atoms with Crippen LogP contribution in [0.5, 0.6) is 5.75 Å². The van der Waals surface area contributed by atoms with Crippen LogP contribution in [0.1, 0.15) is 58.6 Å². The van der Waals surface area contributed by atoms with E-state index in [0.29, 0.717) is 6.10 Å². The molecule has 1 aromatic rings.